The van der Waals surface area contributed by atoms with E-state index in [1.807, 2.05) is 60.1 Å². The molecule has 4 aromatic heterocycles. The van der Waals surface area contributed by atoms with Gasteiger partial charge in [-0.25, -0.2) is 14.6 Å². The molecule has 0 fully saturated rings. The summed E-state index contributed by atoms with van der Waals surface area (Å²) in [5.41, 5.74) is 3.89. The van der Waals surface area contributed by atoms with Crippen LogP contribution in [0, 0.1) is 0 Å². The summed E-state index contributed by atoms with van der Waals surface area (Å²) >= 11 is 0. The summed E-state index contributed by atoms with van der Waals surface area (Å²) in [5.74, 6) is -0.185. The summed E-state index contributed by atoms with van der Waals surface area (Å²) < 4.78 is 3.50. The van der Waals surface area contributed by atoms with E-state index in [-0.39, 0.29) is 11.9 Å². The standard InChI is InChI=1S/C24H22N8O/c1-17(13-31-16-26-15-28-31)29-24(33)20-11-22(19-5-3-2-4-6-19)30-23-21(20)12-27-32(23)14-18-7-9-25-10-8-18/h2-12,15-17H,13-14H2,1H3,(H,29,33). The van der Waals surface area contributed by atoms with Gasteiger partial charge in [-0.1, -0.05) is 30.3 Å². The second-order valence-corrected chi connectivity index (χ2v) is 7.81. The molecule has 5 rings (SSSR count). The molecule has 164 valence electrons. The Kier molecular flexibility index (Phi) is 5.59. The molecule has 5 aromatic rings. The van der Waals surface area contributed by atoms with Gasteiger partial charge in [0.15, 0.2) is 5.65 Å². The van der Waals surface area contributed by atoms with Gasteiger partial charge in [-0.05, 0) is 30.7 Å². The number of benzene rings is 1. The Morgan fingerprint density at radius 2 is 1.88 bits per heavy atom. The first-order chi connectivity index (χ1) is 16.2. The predicted octanol–water partition coefficient (Wildman–Crippen LogP) is 2.95. The zero-order valence-electron chi connectivity index (χ0n) is 18.0. The van der Waals surface area contributed by atoms with Gasteiger partial charge in [-0.15, -0.1) is 0 Å². The molecule has 0 aliphatic heterocycles. The second-order valence-electron chi connectivity index (χ2n) is 7.81. The minimum atomic E-state index is -0.185. The van der Waals surface area contributed by atoms with Crippen molar-refractivity contribution in [1.82, 2.24) is 39.8 Å². The van der Waals surface area contributed by atoms with Crippen LogP contribution >= 0.6 is 0 Å². The smallest absolute Gasteiger partial charge is 0.252 e. The van der Waals surface area contributed by atoms with E-state index in [1.165, 1.54) is 6.33 Å². The van der Waals surface area contributed by atoms with Gasteiger partial charge in [0, 0.05) is 24.0 Å². The molecule has 0 saturated heterocycles. The average Bonchev–Trinajstić information content (AvgIpc) is 3.50. The molecule has 1 unspecified atom stereocenters. The minimum absolute atomic E-state index is 0.144. The molecule has 1 aromatic carbocycles. The number of nitrogens with zero attached hydrogens (tertiary/aromatic N) is 7. The SMILES string of the molecule is CC(Cn1cncn1)NC(=O)c1cc(-c2ccccc2)nc2c1cnn2Cc1ccncc1. The van der Waals surface area contributed by atoms with Crippen molar-refractivity contribution < 1.29 is 4.79 Å². The first kappa shape index (κ1) is 20.5. The zero-order valence-corrected chi connectivity index (χ0v) is 18.0. The summed E-state index contributed by atoms with van der Waals surface area (Å²) in [4.78, 5) is 26.2. The predicted molar refractivity (Wildman–Crippen MR) is 123 cm³/mol. The maximum atomic E-state index is 13.3. The Morgan fingerprint density at radius 3 is 2.64 bits per heavy atom. The highest BCUT2D eigenvalue weighted by molar-refractivity contribution is 6.06. The van der Waals surface area contributed by atoms with E-state index in [9.17, 15) is 4.79 Å². The van der Waals surface area contributed by atoms with Gasteiger partial charge in [0.1, 0.15) is 12.7 Å². The Labute approximate surface area is 190 Å². The van der Waals surface area contributed by atoms with E-state index in [1.54, 1.807) is 29.6 Å². The van der Waals surface area contributed by atoms with Crippen molar-refractivity contribution >= 4 is 16.9 Å². The van der Waals surface area contributed by atoms with Crippen LogP contribution in [0.25, 0.3) is 22.3 Å². The van der Waals surface area contributed by atoms with E-state index < -0.39 is 0 Å². The van der Waals surface area contributed by atoms with Gasteiger partial charge >= 0.3 is 0 Å². The number of rotatable bonds is 7. The lowest BCUT2D eigenvalue weighted by Crippen LogP contribution is -2.36. The average molecular weight is 438 g/mol. The highest BCUT2D eigenvalue weighted by Crippen LogP contribution is 2.25. The highest BCUT2D eigenvalue weighted by atomic mass is 16.1. The number of hydrogen-bond donors (Lipinski definition) is 1. The van der Waals surface area contributed by atoms with Crippen LogP contribution in [0.5, 0.6) is 0 Å². The van der Waals surface area contributed by atoms with Crippen molar-refractivity contribution in [1.29, 1.82) is 0 Å². The maximum absolute atomic E-state index is 13.3. The lowest BCUT2D eigenvalue weighted by atomic mass is 10.1. The first-order valence-electron chi connectivity index (χ1n) is 10.6. The third-order valence-electron chi connectivity index (χ3n) is 5.31. The van der Waals surface area contributed by atoms with Crippen molar-refractivity contribution in [3.63, 3.8) is 0 Å². The number of aromatic nitrogens is 7. The molecule has 0 saturated carbocycles. The van der Waals surface area contributed by atoms with Crippen LogP contribution in [0.1, 0.15) is 22.8 Å². The third kappa shape index (κ3) is 4.47. The van der Waals surface area contributed by atoms with Crippen LogP contribution in [-0.2, 0) is 13.1 Å². The number of amides is 1. The summed E-state index contributed by atoms with van der Waals surface area (Å²) in [6.07, 6.45) is 8.31. The molecular weight excluding hydrogens is 416 g/mol. The van der Waals surface area contributed by atoms with Gasteiger partial charge in [-0.2, -0.15) is 10.2 Å². The number of nitrogens with one attached hydrogen (secondary N) is 1. The Morgan fingerprint density at radius 1 is 1.06 bits per heavy atom. The van der Waals surface area contributed by atoms with E-state index in [0.717, 1.165) is 11.1 Å². The van der Waals surface area contributed by atoms with Gasteiger partial charge in [0.05, 0.1) is 35.9 Å². The molecule has 0 radical (unpaired) electrons. The van der Waals surface area contributed by atoms with Crippen LogP contribution < -0.4 is 5.32 Å². The van der Waals surface area contributed by atoms with E-state index in [4.69, 9.17) is 4.98 Å². The van der Waals surface area contributed by atoms with Crippen LogP contribution in [0.15, 0.2) is 79.8 Å². The van der Waals surface area contributed by atoms with Crippen molar-refractivity contribution in [2.24, 2.45) is 0 Å². The molecule has 9 heteroatoms. The zero-order chi connectivity index (χ0) is 22.6. The Balaban J connectivity index is 1.53. The molecule has 1 amide bonds. The largest absolute Gasteiger partial charge is 0.348 e. The molecule has 0 spiro atoms. The van der Waals surface area contributed by atoms with Crippen molar-refractivity contribution in [3.8, 4) is 11.3 Å². The molecule has 0 bridgehead atoms. The second kappa shape index (κ2) is 8.99. The molecule has 4 heterocycles. The molecule has 0 aliphatic carbocycles. The van der Waals surface area contributed by atoms with E-state index >= 15 is 0 Å². The third-order valence-corrected chi connectivity index (χ3v) is 5.31. The summed E-state index contributed by atoms with van der Waals surface area (Å²) in [6.45, 7) is 2.98. The monoisotopic (exact) mass is 438 g/mol. The van der Waals surface area contributed by atoms with Gasteiger partial charge in [0.2, 0.25) is 0 Å². The number of hydrogen-bond acceptors (Lipinski definition) is 6. The van der Waals surface area contributed by atoms with Gasteiger partial charge < -0.3 is 5.32 Å². The topological polar surface area (TPSA) is 103 Å². The maximum Gasteiger partial charge on any atom is 0.252 e. The molecule has 9 nitrogen and oxygen atoms in total. The van der Waals surface area contributed by atoms with Gasteiger partial charge in [0.25, 0.3) is 5.91 Å². The normalized spacial score (nSPS) is 12.0. The van der Waals surface area contributed by atoms with Crippen LogP contribution in [0.4, 0.5) is 0 Å². The number of fused-ring (bicyclic) bond motifs is 1. The fourth-order valence-corrected chi connectivity index (χ4v) is 3.72. The van der Waals surface area contributed by atoms with E-state index in [2.05, 4.69) is 25.5 Å². The number of carbonyl (C=O) groups is 1. The Hall–Kier alpha value is -4.40. The lowest BCUT2D eigenvalue weighted by Gasteiger charge is -2.15. The first-order valence-corrected chi connectivity index (χ1v) is 10.6. The molecule has 33 heavy (non-hydrogen) atoms. The summed E-state index contributed by atoms with van der Waals surface area (Å²) in [7, 11) is 0. The molecule has 1 N–H and O–H groups in total. The molecular formula is C24H22N8O. The van der Waals surface area contributed by atoms with Crippen molar-refractivity contribution in [3.05, 3.63) is 90.9 Å². The molecule has 0 aliphatic rings. The number of carbonyl (C=O) groups excluding carboxylic acids is 1. The van der Waals surface area contributed by atoms with Crippen LogP contribution in [-0.4, -0.2) is 46.5 Å². The fraction of sp³-hybridized carbons (Fsp3) is 0.167. The van der Waals surface area contributed by atoms with Crippen LogP contribution in [0.2, 0.25) is 0 Å². The lowest BCUT2D eigenvalue weighted by molar-refractivity contribution is 0.0937. The minimum Gasteiger partial charge on any atom is -0.348 e. The number of pyridine rings is 2. The van der Waals surface area contributed by atoms with Crippen LogP contribution in [0.3, 0.4) is 0 Å². The fourth-order valence-electron chi connectivity index (χ4n) is 3.72. The summed E-state index contributed by atoms with van der Waals surface area (Å²) in [6, 6.07) is 15.4. The quantitative estimate of drug-likeness (QED) is 0.419. The molecule has 1 atom stereocenters. The van der Waals surface area contributed by atoms with Crippen molar-refractivity contribution in [2.45, 2.75) is 26.1 Å². The van der Waals surface area contributed by atoms with Crippen molar-refractivity contribution in [2.75, 3.05) is 0 Å². The van der Waals surface area contributed by atoms with Gasteiger partial charge in [-0.3, -0.25) is 14.5 Å². The van der Waals surface area contributed by atoms with E-state index in [0.29, 0.717) is 35.4 Å². The summed E-state index contributed by atoms with van der Waals surface area (Å²) in [5, 5.41) is 12.4. The highest BCUT2D eigenvalue weighted by Gasteiger charge is 2.19. The Bertz CT molecular complexity index is 1360.